The van der Waals surface area contributed by atoms with Crippen LogP contribution in [0.15, 0.2) is 36.4 Å². The van der Waals surface area contributed by atoms with E-state index in [4.69, 9.17) is 11.6 Å². The molecule has 7 heteroatoms. The Bertz CT molecular complexity index is 958. The van der Waals surface area contributed by atoms with Gasteiger partial charge in [-0.25, -0.2) is 8.42 Å². The lowest BCUT2D eigenvalue weighted by atomic mass is 10.1. The van der Waals surface area contributed by atoms with Crippen molar-refractivity contribution in [3.63, 3.8) is 0 Å². The first kappa shape index (κ1) is 21.3. The van der Waals surface area contributed by atoms with Crippen LogP contribution in [0.4, 0.5) is 11.4 Å². The highest BCUT2D eigenvalue weighted by molar-refractivity contribution is 7.92. The molecule has 146 valence electrons. The number of hydrogen-bond donors (Lipinski definition) is 1. The first-order valence-corrected chi connectivity index (χ1v) is 10.9. The Morgan fingerprint density at radius 1 is 1.11 bits per heavy atom. The number of carbonyl (C=O) groups excluding carboxylic acids is 1. The second-order valence-corrected chi connectivity index (χ2v) is 9.02. The maximum Gasteiger partial charge on any atom is 0.248 e. The molecule has 0 saturated heterocycles. The van der Waals surface area contributed by atoms with Crippen LogP contribution in [0.25, 0.3) is 0 Å². The summed E-state index contributed by atoms with van der Waals surface area (Å²) in [5.74, 6) is -0.380. The van der Waals surface area contributed by atoms with E-state index < -0.39 is 16.1 Å². The van der Waals surface area contributed by atoms with Crippen LogP contribution in [0.2, 0.25) is 5.02 Å². The third kappa shape index (κ3) is 5.02. The fourth-order valence-electron chi connectivity index (χ4n) is 3.03. The summed E-state index contributed by atoms with van der Waals surface area (Å²) in [6.07, 6.45) is 1.41. The highest BCUT2D eigenvalue weighted by Crippen LogP contribution is 2.29. The summed E-state index contributed by atoms with van der Waals surface area (Å²) in [4.78, 5) is 13.0. The number of aryl methyl sites for hydroxylation is 3. The standard InChI is InChI=1S/C20H25ClN2O3S/c1-6-18(20(24)22-17-10-7-13(2)11-15(17)4)23(27(5,25)26)19-12-16(21)9-8-14(19)3/h7-12,18H,6H2,1-5H3,(H,22,24)/t18-/m1/s1. The van der Waals surface area contributed by atoms with Crippen molar-refractivity contribution in [1.82, 2.24) is 0 Å². The molecular formula is C20H25ClN2O3S. The zero-order valence-corrected chi connectivity index (χ0v) is 17.8. The van der Waals surface area contributed by atoms with Crippen molar-refractivity contribution < 1.29 is 13.2 Å². The Kier molecular flexibility index (Phi) is 6.54. The predicted molar refractivity (Wildman–Crippen MR) is 112 cm³/mol. The van der Waals surface area contributed by atoms with Crippen LogP contribution in [0, 0.1) is 20.8 Å². The van der Waals surface area contributed by atoms with Crippen molar-refractivity contribution in [2.75, 3.05) is 15.9 Å². The van der Waals surface area contributed by atoms with Crippen LogP contribution >= 0.6 is 11.6 Å². The molecule has 1 atom stereocenters. The molecule has 27 heavy (non-hydrogen) atoms. The van der Waals surface area contributed by atoms with E-state index in [-0.39, 0.29) is 5.91 Å². The van der Waals surface area contributed by atoms with Gasteiger partial charge in [0.05, 0.1) is 11.9 Å². The van der Waals surface area contributed by atoms with Crippen molar-refractivity contribution in [3.05, 3.63) is 58.1 Å². The van der Waals surface area contributed by atoms with E-state index in [0.29, 0.717) is 22.8 Å². The van der Waals surface area contributed by atoms with Gasteiger partial charge in [0.15, 0.2) is 0 Å². The smallest absolute Gasteiger partial charge is 0.248 e. The van der Waals surface area contributed by atoms with Crippen molar-refractivity contribution >= 4 is 38.9 Å². The van der Waals surface area contributed by atoms with Gasteiger partial charge in [-0.05, 0) is 56.5 Å². The fourth-order valence-corrected chi connectivity index (χ4v) is 4.45. The molecule has 0 aliphatic heterocycles. The Morgan fingerprint density at radius 2 is 1.78 bits per heavy atom. The van der Waals surface area contributed by atoms with Gasteiger partial charge in [-0.2, -0.15) is 0 Å². The Balaban J connectivity index is 2.46. The Morgan fingerprint density at radius 3 is 2.33 bits per heavy atom. The minimum Gasteiger partial charge on any atom is -0.324 e. The number of nitrogens with zero attached hydrogens (tertiary/aromatic N) is 1. The topological polar surface area (TPSA) is 66.5 Å². The summed E-state index contributed by atoms with van der Waals surface area (Å²) < 4.78 is 26.3. The van der Waals surface area contributed by atoms with Gasteiger partial charge in [0.1, 0.15) is 6.04 Å². The molecule has 1 N–H and O–H groups in total. The van der Waals surface area contributed by atoms with Gasteiger partial charge in [-0.1, -0.05) is 42.3 Å². The van der Waals surface area contributed by atoms with Gasteiger partial charge in [-0.15, -0.1) is 0 Å². The lowest BCUT2D eigenvalue weighted by Crippen LogP contribution is -2.47. The Hall–Kier alpha value is -2.05. The number of nitrogens with one attached hydrogen (secondary N) is 1. The number of rotatable bonds is 6. The summed E-state index contributed by atoms with van der Waals surface area (Å²) in [6.45, 7) is 7.45. The second kappa shape index (κ2) is 8.31. The third-order valence-corrected chi connectivity index (χ3v) is 5.78. The molecule has 0 bridgehead atoms. The average Bonchev–Trinajstić information content (AvgIpc) is 2.56. The van der Waals surface area contributed by atoms with Gasteiger partial charge in [-0.3, -0.25) is 9.10 Å². The molecule has 0 aliphatic rings. The van der Waals surface area contributed by atoms with E-state index in [0.717, 1.165) is 27.3 Å². The van der Waals surface area contributed by atoms with Crippen LogP contribution in [0.5, 0.6) is 0 Å². The molecule has 5 nitrogen and oxygen atoms in total. The first-order chi connectivity index (χ1) is 12.5. The van der Waals surface area contributed by atoms with Crippen LogP contribution in [0.1, 0.15) is 30.0 Å². The number of sulfonamides is 1. The second-order valence-electron chi connectivity index (χ2n) is 6.72. The molecule has 0 unspecified atom stereocenters. The van der Waals surface area contributed by atoms with Crippen LogP contribution in [0.3, 0.4) is 0 Å². The first-order valence-electron chi connectivity index (χ1n) is 8.68. The van der Waals surface area contributed by atoms with E-state index in [2.05, 4.69) is 5.32 Å². The molecule has 0 fully saturated rings. The molecule has 0 spiro atoms. The maximum absolute atomic E-state index is 13.0. The van der Waals surface area contributed by atoms with Crippen molar-refractivity contribution in [1.29, 1.82) is 0 Å². The zero-order valence-electron chi connectivity index (χ0n) is 16.2. The number of hydrogen-bond acceptors (Lipinski definition) is 3. The molecule has 0 aliphatic carbocycles. The van der Waals surface area contributed by atoms with E-state index in [1.54, 1.807) is 32.0 Å². The van der Waals surface area contributed by atoms with Crippen molar-refractivity contribution in [3.8, 4) is 0 Å². The SMILES string of the molecule is CC[C@H](C(=O)Nc1ccc(C)cc1C)N(c1cc(Cl)ccc1C)S(C)(=O)=O. The molecule has 0 saturated carbocycles. The third-order valence-electron chi connectivity index (χ3n) is 4.38. The number of halogens is 1. The summed E-state index contributed by atoms with van der Waals surface area (Å²) >= 11 is 6.08. The fraction of sp³-hybridized carbons (Fsp3) is 0.350. The largest absolute Gasteiger partial charge is 0.324 e. The Labute approximate surface area is 166 Å². The zero-order chi connectivity index (χ0) is 20.4. The summed E-state index contributed by atoms with van der Waals surface area (Å²) in [5.41, 5.74) is 3.81. The molecule has 0 heterocycles. The highest BCUT2D eigenvalue weighted by atomic mass is 35.5. The molecule has 2 aromatic rings. The number of carbonyl (C=O) groups is 1. The maximum atomic E-state index is 13.0. The van der Waals surface area contributed by atoms with Gasteiger partial charge >= 0.3 is 0 Å². The van der Waals surface area contributed by atoms with Crippen LogP contribution < -0.4 is 9.62 Å². The van der Waals surface area contributed by atoms with Crippen molar-refractivity contribution in [2.24, 2.45) is 0 Å². The lowest BCUT2D eigenvalue weighted by Gasteiger charge is -2.31. The normalized spacial score (nSPS) is 12.5. The number of benzene rings is 2. The van der Waals surface area contributed by atoms with Gasteiger partial charge in [0.25, 0.3) is 0 Å². The van der Waals surface area contributed by atoms with Gasteiger partial charge in [0, 0.05) is 10.7 Å². The van der Waals surface area contributed by atoms with E-state index in [9.17, 15) is 13.2 Å². The molecule has 1 amide bonds. The lowest BCUT2D eigenvalue weighted by molar-refractivity contribution is -0.117. The van der Waals surface area contributed by atoms with Gasteiger partial charge in [0.2, 0.25) is 15.9 Å². The minimum atomic E-state index is -3.71. The predicted octanol–water partition coefficient (Wildman–Crippen LogP) is 4.45. The number of anilines is 2. The summed E-state index contributed by atoms with van der Waals surface area (Å²) in [5, 5.41) is 3.28. The molecule has 0 radical (unpaired) electrons. The molecule has 0 aromatic heterocycles. The minimum absolute atomic E-state index is 0.315. The quantitative estimate of drug-likeness (QED) is 0.767. The van der Waals surface area contributed by atoms with Gasteiger partial charge < -0.3 is 5.32 Å². The summed E-state index contributed by atoms with van der Waals surface area (Å²) in [7, 11) is -3.71. The van der Waals surface area contributed by atoms with Crippen LogP contribution in [-0.2, 0) is 14.8 Å². The molecular weight excluding hydrogens is 384 g/mol. The molecule has 2 rings (SSSR count). The molecule has 2 aromatic carbocycles. The average molecular weight is 409 g/mol. The van der Waals surface area contributed by atoms with E-state index in [1.807, 2.05) is 32.0 Å². The van der Waals surface area contributed by atoms with Crippen molar-refractivity contribution in [2.45, 2.75) is 40.2 Å². The highest BCUT2D eigenvalue weighted by Gasteiger charge is 2.32. The monoisotopic (exact) mass is 408 g/mol. The number of amides is 1. The van der Waals surface area contributed by atoms with E-state index >= 15 is 0 Å². The van der Waals surface area contributed by atoms with E-state index in [1.165, 1.54) is 0 Å². The summed E-state index contributed by atoms with van der Waals surface area (Å²) in [6, 6.07) is 9.81. The van der Waals surface area contributed by atoms with Crippen LogP contribution in [-0.4, -0.2) is 26.6 Å².